The predicted octanol–water partition coefficient (Wildman–Crippen LogP) is 3.52. The number of benzene rings is 1. The van der Waals surface area contributed by atoms with Crippen LogP contribution in [0.2, 0.25) is 5.02 Å². The summed E-state index contributed by atoms with van der Waals surface area (Å²) in [6.45, 7) is 0. The zero-order valence-electron chi connectivity index (χ0n) is 11.2. The van der Waals surface area contributed by atoms with Gasteiger partial charge in [0.25, 0.3) is 5.88 Å². The molecule has 1 aromatic carbocycles. The van der Waals surface area contributed by atoms with Gasteiger partial charge in [0.05, 0.1) is 7.11 Å². The lowest BCUT2D eigenvalue weighted by Gasteiger charge is -2.03. The summed E-state index contributed by atoms with van der Waals surface area (Å²) in [7, 11) is 1.45. The summed E-state index contributed by atoms with van der Waals surface area (Å²) in [5, 5.41) is 10.1. The third-order valence-corrected chi connectivity index (χ3v) is 3.69. The van der Waals surface area contributed by atoms with Gasteiger partial charge in [-0.3, -0.25) is 4.40 Å². The number of hydrogen-bond donors (Lipinski definition) is 1. The third kappa shape index (κ3) is 2.42. The van der Waals surface area contributed by atoms with Gasteiger partial charge >= 0.3 is 5.97 Å². The van der Waals surface area contributed by atoms with Crippen LogP contribution in [0.3, 0.4) is 0 Å². The molecule has 0 saturated heterocycles. The maximum absolute atomic E-state index is 11.7. The SMILES string of the molecule is COc1nc(Br)cn2c(C(=O)O)c(-c3ccc(Cl)cc3)nc12. The zero-order chi connectivity index (χ0) is 15.9. The van der Waals surface area contributed by atoms with Crippen LogP contribution in [-0.4, -0.2) is 32.6 Å². The van der Waals surface area contributed by atoms with E-state index in [1.54, 1.807) is 24.3 Å². The summed E-state index contributed by atoms with van der Waals surface area (Å²) in [6.07, 6.45) is 1.54. The van der Waals surface area contributed by atoms with Crippen LogP contribution in [0, 0.1) is 0 Å². The molecule has 0 atom stereocenters. The van der Waals surface area contributed by atoms with Crippen LogP contribution in [0.15, 0.2) is 35.1 Å². The number of methoxy groups -OCH3 is 1. The first-order valence-corrected chi connectivity index (χ1v) is 7.30. The highest BCUT2D eigenvalue weighted by Gasteiger charge is 2.23. The molecule has 112 valence electrons. The Morgan fingerprint density at radius 3 is 2.59 bits per heavy atom. The lowest BCUT2D eigenvalue weighted by molar-refractivity contribution is 0.0690. The van der Waals surface area contributed by atoms with Crippen LogP contribution < -0.4 is 4.74 Å². The molecule has 0 saturated carbocycles. The van der Waals surface area contributed by atoms with Gasteiger partial charge in [0.15, 0.2) is 5.69 Å². The number of aromatic carboxylic acids is 1. The molecule has 0 aliphatic heterocycles. The molecule has 0 amide bonds. The summed E-state index contributed by atoms with van der Waals surface area (Å²) < 4.78 is 7.05. The van der Waals surface area contributed by atoms with Crippen LogP contribution in [-0.2, 0) is 0 Å². The normalized spacial score (nSPS) is 10.9. The Balaban J connectivity index is 2.37. The lowest BCUT2D eigenvalue weighted by Crippen LogP contribution is -2.04. The standard InChI is InChI=1S/C14H9BrClN3O3/c1-22-13-12-18-10(7-2-4-8(16)5-3-7)11(14(20)21)19(12)6-9(15)17-13/h2-6H,1H3,(H,20,21). The fourth-order valence-electron chi connectivity index (χ4n) is 2.14. The second-order valence-electron chi connectivity index (χ2n) is 4.39. The van der Waals surface area contributed by atoms with Gasteiger partial charge in [0, 0.05) is 16.8 Å². The van der Waals surface area contributed by atoms with Crippen LogP contribution in [0.25, 0.3) is 16.9 Å². The monoisotopic (exact) mass is 381 g/mol. The van der Waals surface area contributed by atoms with E-state index in [9.17, 15) is 9.90 Å². The van der Waals surface area contributed by atoms with Gasteiger partial charge in [-0.1, -0.05) is 23.7 Å². The molecule has 2 aromatic heterocycles. The molecule has 3 rings (SSSR count). The van der Waals surface area contributed by atoms with Crippen molar-refractivity contribution in [3.8, 4) is 17.1 Å². The molecule has 0 radical (unpaired) electrons. The first-order valence-electron chi connectivity index (χ1n) is 6.13. The third-order valence-electron chi connectivity index (χ3n) is 3.06. The fourth-order valence-corrected chi connectivity index (χ4v) is 2.63. The number of rotatable bonds is 3. The summed E-state index contributed by atoms with van der Waals surface area (Å²) in [4.78, 5) is 20.2. The van der Waals surface area contributed by atoms with E-state index in [-0.39, 0.29) is 11.6 Å². The van der Waals surface area contributed by atoms with E-state index in [1.807, 2.05) is 0 Å². The topological polar surface area (TPSA) is 76.7 Å². The molecule has 22 heavy (non-hydrogen) atoms. The average molecular weight is 383 g/mol. The van der Waals surface area contributed by atoms with Crippen molar-refractivity contribution < 1.29 is 14.6 Å². The maximum Gasteiger partial charge on any atom is 0.355 e. The number of carboxylic acid groups (broad SMARTS) is 1. The minimum Gasteiger partial charge on any atom is -0.478 e. The molecule has 6 nitrogen and oxygen atoms in total. The van der Waals surface area contributed by atoms with Crippen molar-refractivity contribution in [2.75, 3.05) is 7.11 Å². The predicted molar refractivity (Wildman–Crippen MR) is 84.6 cm³/mol. The molecule has 2 heterocycles. The van der Waals surface area contributed by atoms with E-state index in [2.05, 4.69) is 25.9 Å². The first kappa shape index (κ1) is 14.8. The zero-order valence-corrected chi connectivity index (χ0v) is 13.6. The highest BCUT2D eigenvalue weighted by Crippen LogP contribution is 2.29. The number of fused-ring (bicyclic) bond motifs is 1. The molecule has 0 bridgehead atoms. The van der Waals surface area contributed by atoms with Gasteiger partial charge in [-0.05, 0) is 28.1 Å². The summed E-state index contributed by atoms with van der Waals surface area (Å²) in [6, 6.07) is 6.78. The van der Waals surface area contributed by atoms with Crippen molar-refractivity contribution in [3.05, 3.63) is 45.8 Å². The summed E-state index contributed by atoms with van der Waals surface area (Å²) >= 11 is 9.10. The Morgan fingerprint density at radius 2 is 2.00 bits per heavy atom. The number of ether oxygens (including phenoxy) is 1. The Hall–Kier alpha value is -2.12. The molecule has 0 aliphatic rings. The molecule has 8 heteroatoms. The van der Waals surface area contributed by atoms with Crippen molar-refractivity contribution in [2.24, 2.45) is 0 Å². The van der Waals surface area contributed by atoms with Crippen LogP contribution >= 0.6 is 27.5 Å². The molecule has 1 N–H and O–H groups in total. The molecular weight excluding hydrogens is 374 g/mol. The number of hydrogen-bond acceptors (Lipinski definition) is 4. The molecular formula is C14H9BrClN3O3. The molecule has 0 spiro atoms. The molecule has 0 fully saturated rings. The van der Waals surface area contributed by atoms with Crippen molar-refractivity contribution in [1.29, 1.82) is 0 Å². The fraction of sp³-hybridized carbons (Fsp3) is 0.0714. The van der Waals surface area contributed by atoms with Crippen molar-refractivity contribution in [3.63, 3.8) is 0 Å². The number of nitrogens with zero attached hydrogens (tertiary/aromatic N) is 3. The number of imidazole rings is 1. The highest BCUT2D eigenvalue weighted by molar-refractivity contribution is 9.10. The second-order valence-corrected chi connectivity index (χ2v) is 5.64. The van der Waals surface area contributed by atoms with Crippen LogP contribution in [0.1, 0.15) is 10.5 Å². The average Bonchev–Trinajstić information content (AvgIpc) is 2.86. The minimum absolute atomic E-state index is 0.0266. The molecule has 0 unspecified atom stereocenters. The van der Waals surface area contributed by atoms with E-state index in [0.29, 0.717) is 26.5 Å². The van der Waals surface area contributed by atoms with Gasteiger partial charge in [0.2, 0.25) is 5.65 Å². The quantitative estimate of drug-likeness (QED) is 0.750. The molecule has 3 aromatic rings. The maximum atomic E-state index is 11.7. The largest absolute Gasteiger partial charge is 0.478 e. The van der Waals surface area contributed by atoms with E-state index in [4.69, 9.17) is 16.3 Å². The van der Waals surface area contributed by atoms with E-state index in [0.717, 1.165) is 0 Å². The summed E-state index contributed by atoms with van der Waals surface area (Å²) in [5.74, 6) is -0.866. The smallest absolute Gasteiger partial charge is 0.355 e. The van der Waals surface area contributed by atoms with Gasteiger partial charge < -0.3 is 9.84 Å². The van der Waals surface area contributed by atoms with Crippen LogP contribution in [0.5, 0.6) is 5.88 Å². The Morgan fingerprint density at radius 1 is 1.32 bits per heavy atom. The number of carboxylic acids is 1. The van der Waals surface area contributed by atoms with Crippen molar-refractivity contribution in [2.45, 2.75) is 0 Å². The van der Waals surface area contributed by atoms with Gasteiger partial charge in [-0.15, -0.1) is 0 Å². The first-order chi connectivity index (χ1) is 10.5. The Bertz CT molecular complexity index is 877. The van der Waals surface area contributed by atoms with Crippen molar-refractivity contribution >= 4 is 39.1 Å². The number of carbonyl (C=O) groups is 1. The van der Waals surface area contributed by atoms with E-state index in [1.165, 1.54) is 17.7 Å². The van der Waals surface area contributed by atoms with Crippen LogP contribution in [0.4, 0.5) is 0 Å². The number of aromatic nitrogens is 3. The summed E-state index contributed by atoms with van der Waals surface area (Å²) in [5.41, 5.74) is 1.32. The Labute approximate surface area is 138 Å². The van der Waals surface area contributed by atoms with E-state index < -0.39 is 5.97 Å². The van der Waals surface area contributed by atoms with Gasteiger partial charge in [-0.25, -0.2) is 14.8 Å². The van der Waals surface area contributed by atoms with E-state index >= 15 is 0 Å². The van der Waals surface area contributed by atoms with Crippen molar-refractivity contribution in [1.82, 2.24) is 14.4 Å². The molecule has 0 aliphatic carbocycles. The Kier molecular flexibility index (Phi) is 3.76. The second kappa shape index (κ2) is 5.58. The highest BCUT2D eigenvalue weighted by atomic mass is 79.9. The van der Waals surface area contributed by atoms with Gasteiger partial charge in [-0.2, -0.15) is 0 Å². The minimum atomic E-state index is -1.10. The lowest BCUT2D eigenvalue weighted by atomic mass is 10.1. The van der Waals surface area contributed by atoms with Gasteiger partial charge in [0.1, 0.15) is 10.3 Å². The number of halogens is 2.